The van der Waals surface area contributed by atoms with Gasteiger partial charge in [-0.05, 0) is 47.4 Å². The van der Waals surface area contributed by atoms with Crippen molar-refractivity contribution in [1.29, 1.82) is 0 Å². The number of anilines is 1. The van der Waals surface area contributed by atoms with Gasteiger partial charge in [-0.15, -0.1) is 0 Å². The van der Waals surface area contributed by atoms with E-state index in [0.29, 0.717) is 10.7 Å². The smallest absolute Gasteiger partial charge is 0.264 e. The second kappa shape index (κ2) is 10.9. The van der Waals surface area contributed by atoms with Crippen molar-refractivity contribution in [1.82, 2.24) is 5.32 Å². The molecule has 3 aromatic carbocycles. The Kier molecular flexibility index (Phi) is 8.23. The minimum absolute atomic E-state index is 0.0803. The fourth-order valence-electron chi connectivity index (χ4n) is 3.42. The zero-order valence-electron chi connectivity index (χ0n) is 19.5. The molecule has 0 saturated carbocycles. The van der Waals surface area contributed by atoms with Gasteiger partial charge in [-0.2, -0.15) is 0 Å². The Bertz CT molecular complexity index is 1220. The van der Waals surface area contributed by atoms with Crippen molar-refractivity contribution in [2.45, 2.75) is 31.1 Å². The highest BCUT2D eigenvalue weighted by Gasteiger charge is 2.27. The predicted molar refractivity (Wildman–Crippen MR) is 136 cm³/mol. The second-order valence-electron chi connectivity index (χ2n) is 8.75. The van der Waals surface area contributed by atoms with Gasteiger partial charge in [-0.25, -0.2) is 8.42 Å². The van der Waals surface area contributed by atoms with E-state index in [1.54, 1.807) is 36.4 Å². The highest BCUT2D eigenvalue weighted by molar-refractivity contribution is 7.92. The fourth-order valence-corrected chi connectivity index (χ4v) is 5.03. The topological polar surface area (TPSA) is 75.7 Å². The van der Waals surface area contributed by atoms with Crippen LogP contribution in [-0.2, 0) is 20.2 Å². The maximum Gasteiger partial charge on any atom is 0.264 e. The number of hydrogen-bond acceptors (Lipinski definition) is 4. The minimum Gasteiger partial charge on any atom is -0.491 e. The number of benzene rings is 3. The number of halogens is 1. The van der Waals surface area contributed by atoms with Gasteiger partial charge in [-0.3, -0.25) is 9.10 Å². The summed E-state index contributed by atoms with van der Waals surface area (Å²) < 4.78 is 33.6. The van der Waals surface area contributed by atoms with E-state index in [-0.39, 0.29) is 23.5 Å². The van der Waals surface area contributed by atoms with Crippen LogP contribution in [0.1, 0.15) is 26.3 Å². The summed E-state index contributed by atoms with van der Waals surface area (Å²) in [6.45, 7) is 6.40. The summed E-state index contributed by atoms with van der Waals surface area (Å²) in [5.74, 6) is 0.309. The zero-order chi connectivity index (χ0) is 24.8. The van der Waals surface area contributed by atoms with Crippen LogP contribution in [0.3, 0.4) is 0 Å². The molecule has 3 aromatic rings. The van der Waals surface area contributed by atoms with E-state index in [1.165, 1.54) is 18.2 Å². The first kappa shape index (κ1) is 25.6. The average molecular weight is 501 g/mol. The van der Waals surface area contributed by atoms with Gasteiger partial charge in [0, 0.05) is 5.02 Å². The molecule has 1 amide bonds. The Morgan fingerprint density at radius 2 is 1.65 bits per heavy atom. The third-order valence-electron chi connectivity index (χ3n) is 5.09. The van der Waals surface area contributed by atoms with E-state index in [1.807, 2.05) is 24.3 Å². The number of rotatable bonds is 9. The first-order valence-electron chi connectivity index (χ1n) is 10.9. The molecule has 0 aliphatic rings. The van der Waals surface area contributed by atoms with Crippen molar-refractivity contribution in [3.05, 3.63) is 89.4 Å². The Morgan fingerprint density at radius 3 is 2.32 bits per heavy atom. The number of nitrogens with zero attached hydrogens (tertiary/aromatic N) is 1. The maximum atomic E-state index is 13.3. The van der Waals surface area contributed by atoms with Crippen LogP contribution in [0.15, 0.2) is 83.8 Å². The van der Waals surface area contributed by atoms with Gasteiger partial charge in [0.15, 0.2) is 0 Å². The van der Waals surface area contributed by atoms with Crippen LogP contribution in [0.5, 0.6) is 5.75 Å². The third-order valence-corrected chi connectivity index (χ3v) is 7.11. The van der Waals surface area contributed by atoms with Crippen LogP contribution in [0.2, 0.25) is 5.02 Å². The molecule has 6 nitrogen and oxygen atoms in total. The van der Waals surface area contributed by atoms with Crippen LogP contribution in [0.4, 0.5) is 5.69 Å². The summed E-state index contributed by atoms with van der Waals surface area (Å²) in [5.41, 5.74) is 1.30. The van der Waals surface area contributed by atoms with E-state index >= 15 is 0 Å². The van der Waals surface area contributed by atoms with Gasteiger partial charge in [0.2, 0.25) is 5.91 Å². The molecule has 8 heteroatoms. The van der Waals surface area contributed by atoms with E-state index in [9.17, 15) is 13.2 Å². The summed E-state index contributed by atoms with van der Waals surface area (Å²) in [7, 11) is -3.98. The molecular formula is C26H29ClN2O4S. The Hall–Kier alpha value is -3.03. The average Bonchev–Trinajstić information content (AvgIpc) is 2.80. The fraction of sp³-hybridized carbons (Fsp3) is 0.269. The molecule has 0 unspecified atom stereocenters. The Morgan fingerprint density at radius 1 is 0.971 bits per heavy atom. The highest BCUT2D eigenvalue weighted by Crippen LogP contribution is 2.31. The normalized spacial score (nSPS) is 11.6. The maximum absolute atomic E-state index is 13.3. The summed E-state index contributed by atoms with van der Waals surface area (Å²) in [4.78, 5) is 12.8. The summed E-state index contributed by atoms with van der Waals surface area (Å²) in [5, 5.41) is 3.12. The van der Waals surface area contributed by atoms with Gasteiger partial charge in [0.05, 0.1) is 17.1 Å². The third kappa shape index (κ3) is 6.52. The molecule has 3 rings (SSSR count). The highest BCUT2D eigenvalue weighted by atomic mass is 35.5. The molecule has 180 valence electrons. The van der Waals surface area contributed by atoms with E-state index < -0.39 is 22.5 Å². The lowest BCUT2D eigenvalue weighted by atomic mass is 9.86. The van der Waals surface area contributed by atoms with Crippen molar-refractivity contribution in [3.63, 3.8) is 0 Å². The molecule has 0 fully saturated rings. The predicted octanol–water partition coefficient (Wildman–Crippen LogP) is 5.03. The van der Waals surface area contributed by atoms with Crippen LogP contribution < -0.4 is 14.4 Å². The summed E-state index contributed by atoms with van der Waals surface area (Å²) in [6, 6.07) is 22.2. The van der Waals surface area contributed by atoms with Gasteiger partial charge < -0.3 is 10.1 Å². The number of carbonyl (C=O) groups is 1. The number of para-hydroxylation sites is 1. The molecule has 0 radical (unpaired) electrons. The lowest BCUT2D eigenvalue weighted by Gasteiger charge is -2.24. The van der Waals surface area contributed by atoms with Crippen LogP contribution in [-0.4, -0.2) is 34.0 Å². The molecular weight excluding hydrogens is 472 g/mol. The van der Waals surface area contributed by atoms with E-state index in [0.717, 1.165) is 15.6 Å². The summed E-state index contributed by atoms with van der Waals surface area (Å²) in [6.07, 6.45) is 0. The van der Waals surface area contributed by atoms with Gasteiger partial charge in [0.1, 0.15) is 18.9 Å². The summed E-state index contributed by atoms with van der Waals surface area (Å²) >= 11 is 6.09. The number of sulfonamides is 1. The monoisotopic (exact) mass is 500 g/mol. The van der Waals surface area contributed by atoms with Gasteiger partial charge >= 0.3 is 0 Å². The Labute approximate surface area is 206 Å². The van der Waals surface area contributed by atoms with Crippen LogP contribution >= 0.6 is 11.6 Å². The van der Waals surface area contributed by atoms with Crippen molar-refractivity contribution < 1.29 is 17.9 Å². The molecule has 0 heterocycles. The van der Waals surface area contributed by atoms with Gasteiger partial charge in [-0.1, -0.05) is 74.8 Å². The molecule has 0 aliphatic carbocycles. The molecule has 0 spiro atoms. The molecule has 0 atom stereocenters. The van der Waals surface area contributed by atoms with Crippen molar-refractivity contribution in [2.24, 2.45) is 0 Å². The van der Waals surface area contributed by atoms with Gasteiger partial charge in [0.25, 0.3) is 10.0 Å². The molecule has 0 saturated heterocycles. The van der Waals surface area contributed by atoms with Crippen molar-refractivity contribution in [3.8, 4) is 5.75 Å². The largest absolute Gasteiger partial charge is 0.491 e. The molecule has 0 bridgehead atoms. The van der Waals surface area contributed by atoms with E-state index in [4.69, 9.17) is 16.3 Å². The standard InChI is InChI=1S/C26H29ClN2O4S/c1-26(2,3)23-14-7-8-15-24(23)33-17-16-28-25(30)19-29(21-11-9-10-20(27)18-21)34(31,32)22-12-5-4-6-13-22/h4-15,18H,16-17,19H2,1-3H3,(H,28,30). The Balaban J connectivity index is 1.69. The number of amides is 1. The van der Waals surface area contributed by atoms with E-state index in [2.05, 4.69) is 26.1 Å². The quantitative estimate of drug-likeness (QED) is 0.418. The molecule has 0 aliphatic heterocycles. The first-order valence-corrected chi connectivity index (χ1v) is 12.7. The zero-order valence-corrected chi connectivity index (χ0v) is 21.1. The number of hydrogen-bond donors (Lipinski definition) is 1. The van der Waals surface area contributed by atoms with Crippen molar-refractivity contribution in [2.75, 3.05) is 24.0 Å². The number of ether oxygens (including phenoxy) is 1. The van der Waals surface area contributed by atoms with Crippen molar-refractivity contribution >= 4 is 33.2 Å². The number of nitrogens with one attached hydrogen (secondary N) is 1. The molecule has 34 heavy (non-hydrogen) atoms. The molecule has 1 N–H and O–H groups in total. The first-order chi connectivity index (χ1) is 16.1. The number of carbonyl (C=O) groups excluding carboxylic acids is 1. The van der Waals surface area contributed by atoms with Crippen LogP contribution in [0.25, 0.3) is 0 Å². The van der Waals surface area contributed by atoms with Crippen LogP contribution in [0, 0.1) is 0 Å². The SMILES string of the molecule is CC(C)(C)c1ccccc1OCCNC(=O)CN(c1cccc(Cl)c1)S(=O)(=O)c1ccccc1. The minimum atomic E-state index is -3.98. The lowest BCUT2D eigenvalue weighted by Crippen LogP contribution is -2.42. The lowest BCUT2D eigenvalue weighted by molar-refractivity contribution is -0.119. The second-order valence-corrected chi connectivity index (χ2v) is 11.0. The molecule has 0 aromatic heterocycles.